The van der Waals surface area contributed by atoms with Crippen molar-refractivity contribution >= 4 is 6.16 Å². The highest BCUT2D eigenvalue weighted by Crippen LogP contribution is 2.26. The first kappa shape index (κ1) is 8.33. The van der Waals surface area contributed by atoms with Crippen LogP contribution in [0.25, 0.3) is 0 Å². The van der Waals surface area contributed by atoms with Crippen LogP contribution in [-0.4, -0.2) is 25.7 Å². The van der Waals surface area contributed by atoms with E-state index in [9.17, 15) is 4.79 Å². The lowest BCUT2D eigenvalue weighted by atomic mass is 10.2. The lowest BCUT2D eigenvalue weighted by Crippen LogP contribution is -2.30. The minimum atomic E-state index is -0.757. The van der Waals surface area contributed by atoms with Gasteiger partial charge < -0.3 is 14.2 Å². The Balaban J connectivity index is 2.39. The Hall–Kier alpha value is -0.770. The predicted octanol–water partition coefficient (Wildman–Crippen LogP) is 1.30. The summed E-state index contributed by atoms with van der Waals surface area (Å²) in [6.45, 7) is 2.38. The fourth-order valence-corrected chi connectivity index (χ4v) is 1.05. The Morgan fingerprint density at radius 1 is 1.64 bits per heavy atom. The number of carbonyl (C=O) groups excluding carboxylic acids is 1. The molecular weight excluding hydrogens is 148 g/mol. The summed E-state index contributed by atoms with van der Waals surface area (Å²) in [5.74, 6) is -0.757. The number of hydrogen-bond acceptors (Lipinski definition) is 4. The van der Waals surface area contributed by atoms with E-state index in [-0.39, 0.29) is 0 Å². The highest BCUT2D eigenvalue weighted by Gasteiger charge is 2.34. The highest BCUT2D eigenvalue weighted by atomic mass is 16.8. The summed E-state index contributed by atoms with van der Waals surface area (Å²) in [6.07, 6.45) is 0.977. The van der Waals surface area contributed by atoms with E-state index in [4.69, 9.17) is 9.47 Å². The molecule has 1 aliphatic rings. The molecule has 1 unspecified atom stereocenters. The van der Waals surface area contributed by atoms with E-state index < -0.39 is 11.9 Å². The van der Waals surface area contributed by atoms with Crippen LogP contribution in [0.4, 0.5) is 4.79 Å². The molecule has 4 nitrogen and oxygen atoms in total. The topological polar surface area (TPSA) is 44.8 Å². The van der Waals surface area contributed by atoms with E-state index in [1.165, 1.54) is 7.11 Å². The number of hydrogen-bond donors (Lipinski definition) is 0. The zero-order chi connectivity index (χ0) is 8.32. The van der Waals surface area contributed by atoms with E-state index in [0.29, 0.717) is 6.61 Å². The molecule has 64 valence electrons. The van der Waals surface area contributed by atoms with Crippen LogP contribution in [-0.2, 0) is 14.2 Å². The minimum Gasteiger partial charge on any atom is -0.438 e. The smallest absolute Gasteiger partial charge is 0.438 e. The summed E-state index contributed by atoms with van der Waals surface area (Å²) in [5, 5.41) is 0. The maximum atomic E-state index is 10.6. The monoisotopic (exact) mass is 160 g/mol. The van der Waals surface area contributed by atoms with Crippen LogP contribution in [0.2, 0.25) is 0 Å². The molecule has 1 fully saturated rings. The molecule has 1 saturated heterocycles. The van der Waals surface area contributed by atoms with E-state index in [2.05, 4.69) is 4.74 Å². The van der Waals surface area contributed by atoms with Gasteiger partial charge in [-0.1, -0.05) is 0 Å². The largest absolute Gasteiger partial charge is 0.510 e. The van der Waals surface area contributed by atoms with Crippen molar-refractivity contribution in [1.29, 1.82) is 0 Å². The lowest BCUT2D eigenvalue weighted by molar-refractivity contribution is -0.169. The first-order valence-corrected chi connectivity index (χ1v) is 3.57. The first-order chi connectivity index (χ1) is 5.16. The Labute approximate surface area is 65.4 Å². The summed E-state index contributed by atoms with van der Waals surface area (Å²) >= 11 is 0. The van der Waals surface area contributed by atoms with E-state index >= 15 is 0 Å². The van der Waals surface area contributed by atoms with Gasteiger partial charge in [0.1, 0.15) is 0 Å². The normalized spacial score (nSPS) is 30.0. The second-order valence-electron chi connectivity index (χ2n) is 2.64. The average molecular weight is 160 g/mol. The summed E-state index contributed by atoms with van der Waals surface area (Å²) in [4.78, 5) is 10.6. The Morgan fingerprint density at radius 3 is 2.82 bits per heavy atom. The lowest BCUT2D eigenvalue weighted by Gasteiger charge is -2.21. The number of rotatable bonds is 1. The average Bonchev–Trinajstić information content (AvgIpc) is 2.36. The molecule has 1 heterocycles. The van der Waals surface area contributed by atoms with Gasteiger partial charge in [0.25, 0.3) is 0 Å². The van der Waals surface area contributed by atoms with Crippen LogP contribution >= 0.6 is 0 Å². The van der Waals surface area contributed by atoms with Gasteiger partial charge in [-0.3, -0.25) is 0 Å². The molecule has 4 heteroatoms. The minimum absolute atomic E-state index is 0.646. The van der Waals surface area contributed by atoms with Crippen LogP contribution < -0.4 is 0 Å². The molecule has 11 heavy (non-hydrogen) atoms. The van der Waals surface area contributed by atoms with Gasteiger partial charge in [-0.15, -0.1) is 0 Å². The zero-order valence-electron chi connectivity index (χ0n) is 6.75. The molecule has 0 aromatic rings. The number of carbonyl (C=O) groups is 1. The van der Waals surface area contributed by atoms with Crippen LogP contribution in [0, 0.1) is 0 Å². The predicted molar refractivity (Wildman–Crippen MR) is 37.1 cm³/mol. The van der Waals surface area contributed by atoms with Crippen molar-refractivity contribution in [1.82, 2.24) is 0 Å². The number of methoxy groups -OCH3 is 1. The molecule has 1 rings (SSSR count). The van der Waals surface area contributed by atoms with Crippen molar-refractivity contribution in [2.45, 2.75) is 25.6 Å². The Bertz CT molecular complexity index is 149. The maximum Gasteiger partial charge on any atom is 0.510 e. The van der Waals surface area contributed by atoms with Gasteiger partial charge in [-0.25, -0.2) is 4.79 Å². The fraction of sp³-hybridized carbons (Fsp3) is 0.857. The van der Waals surface area contributed by atoms with E-state index in [1.54, 1.807) is 6.92 Å². The molecule has 0 radical (unpaired) electrons. The molecule has 0 aliphatic carbocycles. The summed E-state index contributed by atoms with van der Waals surface area (Å²) < 4.78 is 14.4. The van der Waals surface area contributed by atoms with Crippen molar-refractivity contribution in [2.24, 2.45) is 0 Å². The summed E-state index contributed by atoms with van der Waals surface area (Å²) in [7, 11) is 1.28. The second kappa shape index (κ2) is 3.09. The summed E-state index contributed by atoms with van der Waals surface area (Å²) in [6, 6.07) is 0. The van der Waals surface area contributed by atoms with Crippen molar-refractivity contribution in [3.63, 3.8) is 0 Å². The van der Waals surface area contributed by atoms with E-state index in [0.717, 1.165) is 12.8 Å². The van der Waals surface area contributed by atoms with Gasteiger partial charge in [-0.2, -0.15) is 0 Å². The molecular formula is C7H12O4. The zero-order valence-corrected chi connectivity index (χ0v) is 6.75. The third-order valence-electron chi connectivity index (χ3n) is 1.65. The molecule has 0 aromatic carbocycles. The molecule has 0 bridgehead atoms. The van der Waals surface area contributed by atoms with Crippen LogP contribution in [0.15, 0.2) is 0 Å². The molecule has 0 aromatic heterocycles. The van der Waals surface area contributed by atoms with Crippen LogP contribution in [0.5, 0.6) is 0 Å². The van der Waals surface area contributed by atoms with Gasteiger partial charge in [0.15, 0.2) is 0 Å². The van der Waals surface area contributed by atoms with Crippen LogP contribution in [0.1, 0.15) is 19.8 Å². The fourth-order valence-electron chi connectivity index (χ4n) is 1.05. The maximum absolute atomic E-state index is 10.6. The van der Waals surface area contributed by atoms with Gasteiger partial charge in [0.2, 0.25) is 5.79 Å². The highest BCUT2D eigenvalue weighted by molar-refractivity contribution is 5.60. The molecule has 1 aliphatic heterocycles. The molecule has 1 atom stereocenters. The quantitative estimate of drug-likeness (QED) is 0.542. The number of ether oxygens (including phenoxy) is 3. The molecule has 0 N–H and O–H groups in total. The van der Waals surface area contributed by atoms with Gasteiger partial charge >= 0.3 is 6.16 Å². The first-order valence-electron chi connectivity index (χ1n) is 3.57. The second-order valence-corrected chi connectivity index (χ2v) is 2.64. The standard InChI is InChI=1S/C7H12O4/c1-7(4-3-5-10-7)11-6(8)9-2/h3-5H2,1-2H3. The van der Waals surface area contributed by atoms with Crippen molar-refractivity contribution in [3.05, 3.63) is 0 Å². The Morgan fingerprint density at radius 2 is 2.36 bits per heavy atom. The molecule has 0 spiro atoms. The third kappa shape index (κ3) is 2.08. The van der Waals surface area contributed by atoms with Crippen molar-refractivity contribution < 1.29 is 19.0 Å². The van der Waals surface area contributed by atoms with Crippen molar-refractivity contribution in [3.8, 4) is 0 Å². The Kier molecular flexibility index (Phi) is 2.34. The SMILES string of the molecule is COC(=O)OC1(C)CCCO1. The summed E-state index contributed by atoms with van der Waals surface area (Å²) in [5.41, 5.74) is 0. The van der Waals surface area contributed by atoms with Crippen molar-refractivity contribution in [2.75, 3.05) is 13.7 Å². The third-order valence-corrected chi connectivity index (χ3v) is 1.65. The van der Waals surface area contributed by atoms with Gasteiger partial charge in [0, 0.05) is 13.3 Å². The molecule has 0 amide bonds. The van der Waals surface area contributed by atoms with Crippen LogP contribution in [0.3, 0.4) is 0 Å². The van der Waals surface area contributed by atoms with E-state index in [1.807, 2.05) is 0 Å². The van der Waals surface area contributed by atoms with Gasteiger partial charge in [0.05, 0.1) is 13.7 Å². The van der Waals surface area contributed by atoms with Gasteiger partial charge in [-0.05, 0) is 6.42 Å². The molecule has 0 saturated carbocycles.